The molecule has 136 valence electrons. The third-order valence-corrected chi connectivity index (χ3v) is 6.29. The molecule has 0 spiro atoms. The molecule has 0 unspecified atom stereocenters. The Morgan fingerprint density at radius 1 is 0.963 bits per heavy atom. The molecule has 3 aromatic heterocycles. The lowest BCUT2D eigenvalue weighted by atomic mass is 10.1. The monoisotopic (exact) mass is 357 g/mol. The van der Waals surface area contributed by atoms with Crippen molar-refractivity contribution in [1.29, 1.82) is 0 Å². The molecule has 5 nitrogen and oxygen atoms in total. The Hall–Kier alpha value is -2.66. The highest BCUT2D eigenvalue weighted by molar-refractivity contribution is 5.82. The van der Waals surface area contributed by atoms with Gasteiger partial charge in [0.15, 0.2) is 0 Å². The number of fused-ring (bicyclic) bond motifs is 5. The van der Waals surface area contributed by atoms with E-state index in [9.17, 15) is 0 Å². The molecule has 0 radical (unpaired) electrons. The lowest BCUT2D eigenvalue weighted by Gasteiger charge is -2.27. The van der Waals surface area contributed by atoms with E-state index in [2.05, 4.69) is 55.4 Å². The van der Waals surface area contributed by atoms with Crippen LogP contribution in [-0.4, -0.2) is 43.0 Å². The zero-order valence-corrected chi connectivity index (χ0v) is 15.4. The van der Waals surface area contributed by atoms with Gasteiger partial charge in [0.1, 0.15) is 11.5 Å². The van der Waals surface area contributed by atoms with Gasteiger partial charge in [0, 0.05) is 44.1 Å². The Morgan fingerprint density at radius 2 is 1.89 bits per heavy atom. The Labute approximate surface area is 158 Å². The lowest BCUT2D eigenvalue weighted by Crippen LogP contribution is -2.35. The molecule has 0 saturated carbocycles. The third-order valence-electron chi connectivity index (χ3n) is 6.29. The summed E-state index contributed by atoms with van der Waals surface area (Å²) in [6, 6.07) is 11.6. The van der Waals surface area contributed by atoms with Gasteiger partial charge in [0.05, 0.1) is 11.0 Å². The van der Waals surface area contributed by atoms with Crippen molar-refractivity contribution < 1.29 is 0 Å². The largest absolute Gasteiger partial charge is 0.328 e. The van der Waals surface area contributed by atoms with Crippen LogP contribution in [0.5, 0.6) is 0 Å². The summed E-state index contributed by atoms with van der Waals surface area (Å²) in [6.07, 6.45) is 10.9. The number of imidazole rings is 2. The lowest BCUT2D eigenvalue weighted by molar-refractivity contribution is 0.231. The molecule has 6 rings (SSSR count). The fourth-order valence-corrected chi connectivity index (χ4v) is 4.92. The summed E-state index contributed by atoms with van der Waals surface area (Å²) in [4.78, 5) is 12.1. The van der Waals surface area contributed by atoms with Crippen molar-refractivity contribution in [1.82, 2.24) is 23.8 Å². The van der Waals surface area contributed by atoms with Gasteiger partial charge in [-0.25, -0.2) is 9.97 Å². The summed E-state index contributed by atoms with van der Waals surface area (Å²) in [6.45, 7) is 3.58. The molecule has 5 heteroatoms. The molecule has 1 aromatic carbocycles. The minimum atomic E-state index is 0.684. The predicted octanol–water partition coefficient (Wildman–Crippen LogP) is 3.76. The van der Waals surface area contributed by atoms with E-state index in [0.29, 0.717) is 6.04 Å². The number of aromatic nitrogens is 4. The van der Waals surface area contributed by atoms with Crippen molar-refractivity contribution >= 4 is 16.7 Å². The summed E-state index contributed by atoms with van der Waals surface area (Å²) >= 11 is 0. The van der Waals surface area contributed by atoms with Crippen molar-refractivity contribution in [2.24, 2.45) is 0 Å². The van der Waals surface area contributed by atoms with Crippen LogP contribution in [0, 0.1) is 0 Å². The van der Waals surface area contributed by atoms with Crippen molar-refractivity contribution in [3.8, 4) is 11.1 Å². The molecule has 0 N–H and O–H groups in total. The van der Waals surface area contributed by atoms with Crippen LogP contribution in [0.3, 0.4) is 0 Å². The maximum atomic E-state index is 5.07. The zero-order chi connectivity index (χ0) is 17.8. The van der Waals surface area contributed by atoms with Gasteiger partial charge in [-0.15, -0.1) is 0 Å². The Morgan fingerprint density at radius 3 is 2.89 bits per heavy atom. The molecule has 1 fully saturated rings. The van der Waals surface area contributed by atoms with Gasteiger partial charge in [0.25, 0.3) is 0 Å². The van der Waals surface area contributed by atoms with Crippen LogP contribution < -0.4 is 0 Å². The van der Waals surface area contributed by atoms with Gasteiger partial charge in [-0.2, -0.15) is 0 Å². The van der Waals surface area contributed by atoms with Gasteiger partial charge in [-0.05, 0) is 61.2 Å². The molecule has 4 aromatic rings. The highest BCUT2D eigenvalue weighted by Crippen LogP contribution is 2.29. The maximum absolute atomic E-state index is 5.07. The standard InChI is InChI=1S/C22H23N5/c1-3-18-14-22-24-19-13-16(17-5-7-21-23-8-12-26(21)15-17)4-6-20(19)27(22)11-2-10-25(18)9-1/h4-8,12-13,15,18H,1-3,9-11,14H2/t18-/m1/s1. The second kappa shape index (κ2) is 5.92. The summed E-state index contributed by atoms with van der Waals surface area (Å²) in [5.41, 5.74) is 5.80. The number of hydrogen-bond donors (Lipinski definition) is 0. The molecule has 1 atom stereocenters. The first-order valence-corrected chi connectivity index (χ1v) is 10.0. The molecule has 2 aliphatic rings. The van der Waals surface area contributed by atoms with E-state index in [4.69, 9.17) is 4.98 Å². The van der Waals surface area contributed by atoms with Gasteiger partial charge >= 0.3 is 0 Å². The number of rotatable bonds is 1. The van der Waals surface area contributed by atoms with E-state index in [0.717, 1.165) is 24.1 Å². The van der Waals surface area contributed by atoms with E-state index >= 15 is 0 Å². The first-order valence-electron chi connectivity index (χ1n) is 10.0. The molecular weight excluding hydrogens is 334 g/mol. The number of aryl methyl sites for hydroxylation is 1. The van der Waals surface area contributed by atoms with Crippen LogP contribution in [0.4, 0.5) is 0 Å². The van der Waals surface area contributed by atoms with E-state index in [1.165, 1.54) is 54.8 Å². The van der Waals surface area contributed by atoms with Gasteiger partial charge in [0.2, 0.25) is 0 Å². The second-order valence-electron chi connectivity index (χ2n) is 7.88. The molecule has 0 bridgehead atoms. The number of nitrogens with zero attached hydrogens (tertiary/aromatic N) is 5. The predicted molar refractivity (Wildman–Crippen MR) is 107 cm³/mol. The average molecular weight is 357 g/mol. The van der Waals surface area contributed by atoms with E-state index in [1.807, 2.05) is 12.4 Å². The Bertz CT molecular complexity index is 1140. The molecular formula is C22H23N5. The zero-order valence-electron chi connectivity index (χ0n) is 15.4. The number of pyridine rings is 1. The third kappa shape index (κ3) is 2.49. The number of hydrogen-bond acceptors (Lipinski definition) is 3. The van der Waals surface area contributed by atoms with Crippen molar-refractivity contribution in [2.45, 2.75) is 38.3 Å². The first kappa shape index (κ1) is 15.4. The Balaban J connectivity index is 1.43. The first-order chi connectivity index (χ1) is 13.3. The van der Waals surface area contributed by atoms with Gasteiger partial charge in [-0.3, -0.25) is 4.90 Å². The van der Waals surface area contributed by atoms with Gasteiger partial charge in [-0.1, -0.05) is 6.07 Å². The van der Waals surface area contributed by atoms with Crippen molar-refractivity contribution in [3.05, 3.63) is 54.7 Å². The van der Waals surface area contributed by atoms with Crippen LogP contribution in [-0.2, 0) is 13.0 Å². The topological polar surface area (TPSA) is 38.4 Å². The highest BCUT2D eigenvalue weighted by atomic mass is 15.2. The molecule has 2 aliphatic heterocycles. The van der Waals surface area contributed by atoms with Gasteiger partial charge < -0.3 is 8.97 Å². The smallest absolute Gasteiger partial charge is 0.136 e. The molecule has 1 saturated heterocycles. The minimum absolute atomic E-state index is 0.684. The summed E-state index contributed by atoms with van der Waals surface area (Å²) < 4.78 is 4.54. The van der Waals surface area contributed by atoms with E-state index < -0.39 is 0 Å². The van der Waals surface area contributed by atoms with Crippen LogP contribution in [0.1, 0.15) is 25.1 Å². The maximum Gasteiger partial charge on any atom is 0.136 e. The average Bonchev–Trinajstić information content (AvgIpc) is 3.39. The molecule has 27 heavy (non-hydrogen) atoms. The van der Waals surface area contributed by atoms with Crippen LogP contribution in [0.2, 0.25) is 0 Å². The SMILES string of the molecule is c1cn2cc(-c3ccc4c(c3)nc3n4CCCN4CCC[C@@H]4C3)ccc2n1. The second-order valence-corrected chi connectivity index (χ2v) is 7.88. The summed E-state index contributed by atoms with van der Waals surface area (Å²) in [5, 5.41) is 0. The van der Waals surface area contributed by atoms with Crippen molar-refractivity contribution in [2.75, 3.05) is 13.1 Å². The molecule has 5 heterocycles. The quantitative estimate of drug-likeness (QED) is 0.521. The van der Waals surface area contributed by atoms with Crippen LogP contribution in [0.25, 0.3) is 27.8 Å². The molecule has 0 aliphatic carbocycles. The van der Waals surface area contributed by atoms with Crippen molar-refractivity contribution in [3.63, 3.8) is 0 Å². The molecule has 0 amide bonds. The van der Waals surface area contributed by atoms with Crippen LogP contribution in [0.15, 0.2) is 48.9 Å². The summed E-state index contributed by atoms with van der Waals surface area (Å²) in [5.74, 6) is 1.27. The summed E-state index contributed by atoms with van der Waals surface area (Å²) in [7, 11) is 0. The fourth-order valence-electron chi connectivity index (χ4n) is 4.92. The number of benzene rings is 1. The normalized spacial score (nSPS) is 20.5. The van der Waals surface area contributed by atoms with E-state index in [-0.39, 0.29) is 0 Å². The fraction of sp³-hybridized carbons (Fsp3) is 0.364. The Kier molecular flexibility index (Phi) is 3.38. The van der Waals surface area contributed by atoms with E-state index in [1.54, 1.807) is 0 Å². The van der Waals surface area contributed by atoms with Crippen LogP contribution >= 0.6 is 0 Å². The minimum Gasteiger partial charge on any atom is -0.328 e. The highest BCUT2D eigenvalue weighted by Gasteiger charge is 2.28.